The van der Waals surface area contributed by atoms with E-state index in [4.69, 9.17) is 27.2 Å². The number of nitrogens with zero attached hydrogens (tertiary/aromatic N) is 4. The lowest BCUT2D eigenvalue weighted by Gasteiger charge is -2.29. The number of fused-ring (bicyclic) bond motifs is 1. The summed E-state index contributed by atoms with van der Waals surface area (Å²) in [6.45, 7) is 0. The zero-order chi connectivity index (χ0) is 25.0. The summed E-state index contributed by atoms with van der Waals surface area (Å²) in [4.78, 5) is 21.6. The van der Waals surface area contributed by atoms with E-state index < -0.39 is 12.1 Å². The molecule has 34 heavy (non-hydrogen) atoms. The summed E-state index contributed by atoms with van der Waals surface area (Å²) in [5.74, 6) is -2.36. The Morgan fingerprint density at radius 2 is 1.82 bits per heavy atom. The maximum atomic E-state index is 12.7. The topological polar surface area (TPSA) is 140 Å². The normalized spacial score (nSPS) is 18.2. The van der Waals surface area contributed by atoms with Gasteiger partial charge in [0.05, 0.1) is 11.2 Å². The third kappa shape index (κ3) is 6.17. The van der Waals surface area contributed by atoms with Crippen molar-refractivity contribution in [3.63, 3.8) is 0 Å². The van der Waals surface area contributed by atoms with Crippen LogP contribution >= 0.6 is 11.6 Å². The number of alkyl halides is 3. The molecule has 14 heteroatoms. The van der Waals surface area contributed by atoms with Crippen molar-refractivity contribution in [2.45, 2.75) is 43.9 Å². The maximum Gasteiger partial charge on any atom is 0.490 e. The van der Waals surface area contributed by atoms with Crippen LogP contribution in [0.3, 0.4) is 0 Å². The van der Waals surface area contributed by atoms with Gasteiger partial charge in [-0.3, -0.25) is 9.48 Å². The quantitative estimate of drug-likeness (QED) is 0.430. The number of halogens is 4. The largest absolute Gasteiger partial charge is 0.490 e. The minimum Gasteiger partial charge on any atom is -0.475 e. The van der Waals surface area contributed by atoms with Crippen LogP contribution in [0.5, 0.6) is 0 Å². The molecule has 4 rings (SSSR count). The zero-order valence-electron chi connectivity index (χ0n) is 18.0. The van der Waals surface area contributed by atoms with Crippen LogP contribution in [0.4, 0.5) is 24.7 Å². The van der Waals surface area contributed by atoms with Gasteiger partial charge in [0.1, 0.15) is 11.5 Å². The molecule has 1 fully saturated rings. The number of hydrogen-bond acceptors (Lipinski definition) is 6. The number of carboxylic acids is 1. The molecule has 0 saturated heterocycles. The fourth-order valence-electron chi connectivity index (χ4n) is 3.50. The molecule has 3 aromatic heterocycles. The van der Waals surface area contributed by atoms with Crippen LogP contribution in [0.15, 0.2) is 30.5 Å². The molecule has 1 aliphatic carbocycles. The molecule has 1 amide bonds. The summed E-state index contributed by atoms with van der Waals surface area (Å²) in [5, 5.41) is 22.2. The van der Waals surface area contributed by atoms with E-state index in [-0.39, 0.29) is 23.1 Å². The monoisotopic (exact) mass is 501 g/mol. The number of aryl methyl sites for hydroxylation is 1. The summed E-state index contributed by atoms with van der Waals surface area (Å²) in [6, 6.07) is 7.75. The molecule has 1 aliphatic rings. The Balaban J connectivity index is 0.000000406. The lowest BCUT2D eigenvalue weighted by Crippen LogP contribution is -2.42. The summed E-state index contributed by atoms with van der Waals surface area (Å²) in [7, 11) is 1.74. The van der Waals surface area contributed by atoms with Gasteiger partial charge in [0, 0.05) is 25.3 Å². The van der Waals surface area contributed by atoms with Crippen LogP contribution in [0.25, 0.3) is 5.52 Å². The summed E-state index contributed by atoms with van der Waals surface area (Å²) >= 11 is 6.03. The molecule has 0 bridgehead atoms. The highest BCUT2D eigenvalue weighted by Crippen LogP contribution is 2.22. The van der Waals surface area contributed by atoms with Crippen LogP contribution < -0.4 is 16.4 Å². The van der Waals surface area contributed by atoms with E-state index in [1.165, 1.54) is 6.42 Å². The second-order valence-corrected chi connectivity index (χ2v) is 8.10. The lowest BCUT2D eigenvalue weighted by molar-refractivity contribution is -0.192. The number of aromatic nitrogens is 4. The van der Waals surface area contributed by atoms with E-state index in [1.807, 2.05) is 18.2 Å². The van der Waals surface area contributed by atoms with Crippen molar-refractivity contribution in [2.75, 3.05) is 10.6 Å². The first-order valence-electron chi connectivity index (χ1n) is 10.3. The minimum absolute atomic E-state index is 0.122. The average molecular weight is 502 g/mol. The van der Waals surface area contributed by atoms with Gasteiger partial charge >= 0.3 is 12.1 Å². The Bertz CT molecular complexity index is 1180. The Kier molecular flexibility index (Phi) is 7.67. The van der Waals surface area contributed by atoms with E-state index in [0.717, 1.165) is 24.8 Å². The number of hydrogen-bond donors (Lipinski definition) is 4. The first-order valence-corrected chi connectivity index (χ1v) is 10.6. The predicted octanol–water partition coefficient (Wildman–Crippen LogP) is 3.29. The molecule has 2 atom stereocenters. The van der Waals surface area contributed by atoms with Gasteiger partial charge in [-0.2, -0.15) is 18.3 Å². The Labute approximate surface area is 196 Å². The molecular formula is C20H23ClF3N7O3. The molecule has 184 valence electrons. The van der Waals surface area contributed by atoms with Gasteiger partial charge in [0.15, 0.2) is 5.15 Å². The Morgan fingerprint density at radius 1 is 1.18 bits per heavy atom. The molecule has 1 saturated carbocycles. The van der Waals surface area contributed by atoms with Crippen molar-refractivity contribution >= 4 is 40.5 Å². The molecule has 3 heterocycles. The summed E-state index contributed by atoms with van der Waals surface area (Å²) in [6.07, 6.45) is 0.949. The second-order valence-electron chi connectivity index (χ2n) is 7.74. The van der Waals surface area contributed by atoms with Crippen LogP contribution in [-0.4, -0.2) is 54.6 Å². The third-order valence-electron chi connectivity index (χ3n) is 5.16. The molecule has 3 aromatic rings. The van der Waals surface area contributed by atoms with Gasteiger partial charge in [0.2, 0.25) is 0 Å². The molecular weight excluding hydrogens is 479 g/mol. The zero-order valence-corrected chi connectivity index (χ0v) is 18.8. The van der Waals surface area contributed by atoms with Crippen molar-refractivity contribution in [1.29, 1.82) is 0 Å². The number of carbonyl (C=O) groups is 2. The van der Waals surface area contributed by atoms with Gasteiger partial charge in [-0.05, 0) is 37.1 Å². The van der Waals surface area contributed by atoms with E-state index in [0.29, 0.717) is 17.2 Å². The number of nitrogens with two attached hydrogens (primary N) is 1. The third-order valence-corrected chi connectivity index (χ3v) is 5.44. The molecule has 0 radical (unpaired) electrons. The molecule has 0 unspecified atom stereocenters. The Morgan fingerprint density at radius 3 is 2.41 bits per heavy atom. The van der Waals surface area contributed by atoms with Gasteiger partial charge in [-0.25, -0.2) is 9.31 Å². The number of carbonyl (C=O) groups excluding carboxylic acids is 1. The van der Waals surface area contributed by atoms with Gasteiger partial charge in [0.25, 0.3) is 5.91 Å². The number of carboxylic acid groups (broad SMARTS) is 1. The molecule has 10 nitrogen and oxygen atoms in total. The highest BCUT2D eigenvalue weighted by molar-refractivity contribution is 6.32. The van der Waals surface area contributed by atoms with Crippen molar-refractivity contribution in [1.82, 2.24) is 19.4 Å². The summed E-state index contributed by atoms with van der Waals surface area (Å²) in [5.41, 5.74) is 7.93. The van der Waals surface area contributed by atoms with E-state index in [9.17, 15) is 18.0 Å². The number of anilines is 2. The van der Waals surface area contributed by atoms with Crippen LogP contribution in [0, 0.1) is 0 Å². The number of aliphatic carboxylic acids is 1. The fourth-order valence-corrected chi connectivity index (χ4v) is 3.71. The van der Waals surface area contributed by atoms with Crippen LogP contribution in [0.1, 0.15) is 36.2 Å². The standard InChI is InChI=1S/C18H22ClN7O.C2HF3O2/c1-25-10-14(17(19)24-25)22-18(27)15-8-6-11-7-9-16(23-26(11)15)21-13-5-3-2-4-12(13)20;3-2(4,5)1(6)7/h6-10,12-13H,2-5,20H2,1H3,(H,21,23)(H,22,27);(H,6,7)/t12-,13+;/m0./s1. The highest BCUT2D eigenvalue weighted by Gasteiger charge is 2.38. The minimum atomic E-state index is -5.08. The first-order chi connectivity index (χ1) is 16.0. The second kappa shape index (κ2) is 10.3. The molecule has 0 aromatic carbocycles. The number of amides is 1. The molecule has 0 spiro atoms. The number of nitrogens with one attached hydrogen (secondary N) is 2. The van der Waals surface area contributed by atoms with Gasteiger partial charge in [-0.1, -0.05) is 24.4 Å². The van der Waals surface area contributed by atoms with Crippen LogP contribution in [-0.2, 0) is 11.8 Å². The predicted molar refractivity (Wildman–Crippen MR) is 119 cm³/mol. The van der Waals surface area contributed by atoms with Crippen molar-refractivity contribution in [2.24, 2.45) is 12.8 Å². The van der Waals surface area contributed by atoms with Gasteiger partial charge in [-0.15, -0.1) is 5.10 Å². The SMILES string of the molecule is Cn1cc(NC(=O)c2ccc3ccc(N[C@@H]4CCCC[C@@H]4N)nn23)c(Cl)n1.O=C(O)C(F)(F)F. The number of rotatable bonds is 4. The highest BCUT2D eigenvalue weighted by atomic mass is 35.5. The van der Waals surface area contributed by atoms with E-state index >= 15 is 0 Å². The van der Waals surface area contributed by atoms with Gasteiger partial charge < -0.3 is 21.5 Å². The smallest absolute Gasteiger partial charge is 0.475 e. The van der Waals surface area contributed by atoms with Crippen LogP contribution in [0.2, 0.25) is 5.15 Å². The molecule has 5 N–H and O–H groups in total. The van der Waals surface area contributed by atoms with Crippen molar-refractivity contribution in [3.05, 3.63) is 41.3 Å². The fraction of sp³-hybridized carbons (Fsp3) is 0.400. The van der Waals surface area contributed by atoms with E-state index in [1.54, 1.807) is 28.5 Å². The summed E-state index contributed by atoms with van der Waals surface area (Å²) < 4.78 is 34.9. The Hall–Kier alpha value is -3.32. The maximum absolute atomic E-state index is 12.7. The van der Waals surface area contributed by atoms with E-state index in [2.05, 4.69) is 20.8 Å². The first kappa shape index (κ1) is 25.3. The lowest BCUT2D eigenvalue weighted by atomic mass is 9.91. The van der Waals surface area contributed by atoms with Crippen molar-refractivity contribution in [3.8, 4) is 0 Å². The average Bonchev–Trinajstić information content (AvgIpc) is 3.31. The molecule has 0 aliphatic heterocycles. The van der Waals surface area contributed by atoms with Crippen molar-refractivity contribution < 1.29 is 27.9 Å².